The first kappa shape index (κ1) is 15.2. The van der Waals surface area contributed by atoms with Crippen molar-refractivity contribution in [2.45, 2.75) is 26.4 Å². The summed E-state index contributed by atoms with van der Waals surface area (Å²) >= 11 is 1.47. The standard InChI is InChI=1S/C15H16N2O3S/c1-9-4-3-5-11(6-9)15-17-12(8-21-15)7-13(18)20-10(2)14(16)19/h3-6,8,10H,7H2,1-2H3,(H2,16,19)/t10-/m0/s1. The number of primary amides is 1. The summed E-state index contributed by atoms with van der Waals surface area (Å²) in [4.78, 5) is 26.9. The van der Waals surface area contributed by atoms with Gasteiger partial charge in [-0.25, -0.2) is 4.98 Å². The van der Waals surface area contributed by atoms with Crippen LogP contribution in [-0.4, -0.2) is 23.0 Å². The smallest absolute Gasteiger partial charge is 0.312 e. The van der Waals surface area contributed by atoms with Crippen molar-refractivity contribution in [3.05, 3.63) is 40.9 Å². The van der Waals surface area contributed by atoms with Crippen LogP contribution in [0.2, 0.25) is 0 Å². The fourth-order valence-corrected chi connectivity index (χ4v) is 2.56. The van der Waals surface area contributed by atoms with Crippen LogP contribution in [0.15, 0.2) is 29.6 Å². The predicted molar refractivity (Wildman–Crippen MR) is 80.7 cm³/mol. The van der Waals surface area contributed by atoms with E-state index >= 15 is 0 Å². The number of carbonyl (C=O) groups is 2. The fraction of sp³-hybridized carbons (Fsp3) is 0.267. The van der Waals surface area contributed by atoms with Crippen LogP contribution in [0.4, 0.5) is 0 Å². The lowest BCUT2D eigenvalue weighted by Gasteiger charge is -2.08. The molecule has 6 heteroatoms. The summed E-state index contributed by atoms with van der Waals surface area (Å²) < 4.78 is 4.90. The highest BCUT2D eigenvalue weighted by atomic mass is 32.1. The second-order valence-corrected chi connectivity index (χ2v) is 5.58. The molecule has 1 heterocycles. The number of amides is 1. The van der Waals surface area contributed by atoms with E-state index in [-0.39, 0.29) is 6.42 Å². The van der Waals surface area contributed by atoms with E-state index in [0.29, 0.717) is 5.69 Å². The number of nitrogens with zero attached hydrogens (tertiary/aromatic N) is 1. The molecule has 21 heavy (non-hydrogen) atoms. The molecule has 0 radical (unpaired) electrons. The number of nitrogens with two attached hydrogens (primary N) is 1. The first-order valence-electron chi connectivity index (χ1n) is 6.46. The summed E-state index contributed by atoms with van der Waals surface area (Å²) in [5.41, 5.74) is 7.84. The molecule has 0 aliphatic heterocycles. The number of benzene rings is 1. The van der Waals surface area contributed by atoms with Gasteiger partial charge in [0.2, 0.25) is 0 Å². The van der Waals surface area contributed by atoms with Gasteiger partial charge in [0, 0.05) is 10.9 Å². The molecule has 2 rings (SSSR count). The summed E-state index contributed by atoms with van der Waals surface area (Å²) in [7, 11) is 0. The van der Waals surface area contributed by atoms with E-state index in [4.69, 9.17) is 10.5 Å². The molecule has 0 bridgehead atoms. The molecule has 2 N–H and O–H groups in total. The van der Waals surface area contributed by atoms with E-state index in [9.17, 15) is 9.59 Å². The van der Waals surface area contributed by atoms with E-state index < -0.39 is 18.0 Å². The quantitative estimate of drug-likeness (QED) is 0.857. The highest BCUT2D eigenvalue weighted by Gasteiger charge is 2.16. The lowest BCUT2D eigenvalue weighted by Crippen LogP contribution is -2.30. The Kier molecular flexibility index (Phi) is 4.70. The number of carbonyl (C=O) groups excluding carboxylic acids is 2. The molecule has 0 saturated carbocycles. The largest absolute Gasteiger partial charge is 0.452 e. The van der Waals surface area contributed by atoms with Crippen molar-refractivity contribution in [2.75, 3.05) is 0 Å². The van der Waals surface area contributed by atoms with Gasteiger partial charge in [-0.2, -0.15) is 0 Å². The highest BCUT2D eigenvalue weighted by molar-refractivity contribution is 7.13. The number of thiazole rings is 1. The van der Waals surface area contributed by atoms with Gasteiger partial charge in [-0.15, -0.1) is 11.3 Å². The van der Waals surface area contributed by atoms with Gasteiger partial charge in [-0.05, 0) is 19.9 Å². The van der Waals surface area contributed by atoms with Gasteiger partial charge in [-0.1, -0.05) is 23.8 Å². The Labute approximate surface area is 126 Å². The Morgan fingerprint density at radius 3 is 2.86 bits per heavy atom. The Morgan fingerprint density at radius 2 is 2.19 bits per heavy atom. The van der Waals surface area contributed by atoms with Gasteiger partial charge in [0.1, 0.15) is 5.01 Å². The Morgan fingerprint density at radius 1 is 1.43 bits per heavy atom. The lowest BCUT2D eigenvalue weighted by molar-refractivity contribution is -0.153. The van der Waals surface area contributed by atoms with Gasteiger partial charge >= 0.3 is 5.97 Å². The third-order valence-corrected chi connectivity index (χ3v) is 3.79. The molecule has 0 unspecified atom stereocenters. The third kappa shape index (κ3) is 4.13. The summed E-state index contributed by atoms with van der Waals surface area (Å²) in [6, 6.07) is 7.99. The van der Waals surface area contributed by atoms with Crippen molar-refractivity contribution < 1.29 is 14.3 Å². The second kappa shape index (κ2) is 6.49. The summed E-state index contributed by atoms with van der Waals surface area (Å²) in [6.45, 7) is 3.46. The number of hydrogen-bond donors (Lipinski definition) is 1. The van der Waals surface area contributed by atoms with Crippen molar-refractivity contribution >= 4 is 23.2 Å². The molecule has 0 aliphatic carbocycles. The van der Waals surface area contributed by atoms with E-state index in [2.05, 4.69) is 4.98 Å². The molecule has 0 saturated heterocycles. The predicted octanol–water partition coefficient (Wildman–Crippen LogP) is 2.08. The zero-order valence-corrected chi connectivity index (χ0v) is 12.6. The normalized spacial score (nSPS) is 11.9. The molecule has 0 aliphatic rings. The van der Waals surface area contributed by atoms with Crippen LogP contribution in [0.1, 0.15) is 18.2 Å². The van der Waals surface area contributed by atoms with Crippen molar-refractivity contribution in [2.24, 2.45) is 5.73 Å². The van der Waals surface area contributed by atoms with Crippen LogP contribution in [0.3, 0.4) is 0 Å². The number of esters is 1. The number of hydrogen-bond acceptors (Lipinski definition) is 5. The van der Waals surface area contributed by atoms with E-state index in [1.165, 1.54) is 18.3 Å². The van der Waals surface area contributed by atoms with Crippen LogP contribution in [0, 0.1) is 6.92 Å². The zero-order valence-electron chi connectivity index (χ0n) is 11.8. The number of aryl methyl sites for hydroxylation is 1. The molecular formula is C15H16N2O3S. The fourth-order valence-electron chi connectivity index (χ4n) is 1.74. The molecular weight excluding hydrogens is 288 g/mol. The van der Waals surface area contributed by atoms with E-state index in [1.54, 1.807) is 0 Å². The molecule has 0 spiro atoms. The van der Waals surface area contributed by atoms with Gasteiger partial charge in [0.05, 0.1) is 12.1 Å². The summed E-state index contributed by atoms with van der Waals surface area (Å²) in [6.07, 6.45) is -0.896. The third-order valence-electron chi connectivity index (χ3n) is 2.85. The van der Waals surface area contributed by atoms with Crippen LogP contribution in [0.25, 0.3) is 10.6 Å². The minimum absolute atomic E-state index is 0.0277. The van der Waals surface area contributed by atoms with Gasteiger partial charge < -0.3 is 10.5 Å². The van der Waals surface area contributed by atoms with Crippen molar-refractivity contribution in [3.63, 3.8) is 0 Å². The average Bonchev–Trinajstić information content (AvgIpc) is 2.86. The summed E-state index contributed by atoms with van der Waals surface area (Å²) in [5.74, 6) is -1.18. The maximum Gasteiger partial charge on any atom is 0.312 e. The highest BCUT2D eigenvalue weighted by Crippen LogP contribution is 2.24. The number of rotatable bonds is 5. The molecule has 1 amide bonds. The maximum atomic E-state index is 11.7. The van der Waals surface area contributed by atoms with Crippen LogP contribution in [-0.2, 0) is 20.7 Å². The average molecular weight is 304 g/mol. The van der Waals surface area contributed by atoms with Crippen LogP contribution < -0.4 is 5.73 Å². The Balaban J connectivity index is 2.03. The maximum absolute atomic E-state index is 11.7. The first-order valence-corrected chi connectivity index (χ1v) is 7.34. The Hall–Kier alpha value is -2.21. The van der Waals surface area contributed by atoms with Crippen molar-refractivity contribution in [1.29, 1.82) is 0 Å². The van der Waals surface area contributed by atoms with E-state index in [0.717, 1.165) is 16.1 Å². The van der Waals surface area contributed by atoms with Crippen LogP contribution in [0.5, 0.6) is 0 Å². The van der Waals surface area contributed by atoms with Gasteiger partial charge in [-0.3, -0.25) is 9.59 Å². The molecule has 1 atom stereocenters. The van der Waals surface area contributed by atoms with Gasteiger partial charge in [0.15, 0.2) is 6.10 Å². The van der Waals surface area contributed by atoms with E-state index in [1.807, 2.05) is 36.6 Å². The van der Waals surface area contributed by atoms with Gasteiger partial charge in [0.25, 0.3) is 5.91 Å². The topological polar surface area (TPSA) is 82.3 Å². The molecule has 2 aromatic rings. The first-order chi connectivity index (χ1) is 9.95. The minimum atomic E-state index is -0.924. The molecule has 110 valence electrons. The number of aromatic nitrogens is 1. The lowest BCUT2D eigenvalue weighted by atomic mass is 10.1. The molecule has 1 aromatic heterocycles. The van der Waals surface area contributed by atoms with Crippen LogP contribution >= 0.6 is 11.3 Å². The SMILES string of the molecule is Cc1cccc(-c2nc(CC(=O)O[C@@H](C)C(N)=O)cs2)c1. The monoisotopic (exact) mass is 304 g/mol. The summed E-state index contributed by atoms with van der Waals surface area (Å²) in [5, 5.41) is 2.66. The molecule has 1 aromatic carbocycles. The van der Waals surface area contributed by atoms with Crippen molar-refractivity contribution in [1.82, 2.24) is 4.98 Å². The minimum Gasteiger partial charge on any atom is -0.452 e. The zero-order chi connectivity index (χ0) is 15.4. The Bertz CT molecular complexity index is 666. The number of ether oxygens (including phenoxy) is 1. The molecule has 5 nitrogen and oxygen atoms in total. The molecule has 0 fully saturated rings. The second-order valence-electron chi connectivity index (χ2n) is 4.72. The van der Waals surface area contributed by atoms with Crippen molar-refractivity contribution in [3.8, 4) is 10.6 Å².